The molecule has 0 spiro atoms. The third kappa shape index (κ3) is 8.01. The molecule has 1 aliphatic rings. The van der Waals surface area contributed by atoms with Crippen molar-refractivity contribution < 1.29 is 22.4 Å². The second-order valence-electron chi connectivity index (χ2n) is 12.0. The van der Waals surface area contributed by atoms with E-state index in [4.69, 9.17) is 0 Å². The molecule has 9 heteroatoms. The fraction of sp³-hybridized carbons (Fsp3) is 0.297. The van der Waals surface area contributed by atoms with Crippen LogP contribution in [0.1, 0.15) is 47.9 Å². The first-order valence-electron chi connectivity index (χ1n) is 15.6. The standard InChI is InChI=1S/C37H40FN3O4S/c1-27-16-20-30(21-17-27)25-40(35(24-29-10-4-3-5-11-29)37(43)39-31-12-6-7-13-31)36(42)26-41(34-15-9-8-14-33(34)38)46(44,45)32-22-18-28(2)19-23-32/h3-5,8-11,14-23,31,35H,6-7,12-13,24-26H2,1-2H3,(H,39,43)/t35-/m1/s1. The van der Waals surface area contributed by atoms with Gasteiger partial charge in [0.05, 0.1) is 10.6 Å². The molecule has 0 saturated heterocycles. The smallest absolute Gasteiger partial charge is 0.264 e. The van der Waals surface area contributed by atoms with E-state index in [1.54, 1.807) is 12.1 Å². The zero-order valence-corrected chi connectivity index (χ0v) is 27.0. The summed E-state index contributed by atoms with van der Waals surface area (Å²) in [5.41, 5.74) is 3.28. The van der Waals surface area contributed by atoms with Gasteiger partial charge in [-0.1, -0.05) is 103 Å². The molecule has 7 nitrogen and oxygen atoms in total. The number of nitrogens with one attached hydrogen (secondary N) is 1. The Labute approximate surface area is 271 Å². The molecular weight excluding hydrogens is 601 g/mol. The highest BCUT2D eigenvalue weighted by Gasteiger charge is 2.36. The molecule has 4 aromatic rings. The van der Waals surface area contributed by atoms with Crippen LogP contribution in [0.5, 0.6) is 0 Å². The monoisotopic (exact) mass is 641 g/mol. The summed E-state index contributed by atoms with van der Waals surface area (Å²) in [4.78, 5) is 30.0. The third-order valence-corrected chi connectivity index (χ3v) is 10.2. The van der Waals surface area contributed by atoms with E-state index < -0.39 is 34.3 Å². The van der Waals surface area contributed by atoms with Gasteiger partial charge in [-0.15, -0.1) is 0 Å². The van der Waals surface area contributed by atoms with Crippen LogP contribution in [0.15, 0.2) is 108 Å². The van der Waals surface area contributed by atoms with E-state index in [2.05, 4.69) is 5.32 Å². The number of aryl methyl sites for hydroxylation is 2. The molecular formula is C37H40FN3O4S. The minimum absolute atomic E-state index is 0.0129. The van der Waals surface area contributed by atoms with Gasteiger partial charge >= 0.3 is 0 Å². The maximum atomic E-state index is 15.3. The lowest BCUT2D eigenvalue weighted by Gasteiger charge is -2.34. The van der Waals surface area contributed by atoms with E-state index in [1.807, 2.05) is 68.4 Å². The van der Waals surface area contributed by atoms with Crippen molar-refractivity contribution in [2.75, 3.05) is 10.8 Å². The molecule has 0 bridgehead atoms. The molecule has 46 heavy (non-hydrogen) atoms. The number of carbonyl (C=O) groups is 2. The van der Waals surface area contributed by atoms with Gasteiger partial charge in [-0.05, 0) is 62.1 Å². The van der Waals surface area contributed by atoms with E-state index in [0.717, 1.165) is 58.3 Å². The van der Waals surface area contributed by atoms with Crippen LogP contribution in [-0.2, 0) is 32.6 Å². The molecule has 5 rings (SSSR count). The Hall–Kier alpha value is -4.50. The van der Waals surface area contributed by atoms with Gasteiger partial charge in [-0.25, -0.2) is 12.8 Å². The number of hydrogen-bond acceptors (Lipinski definition) is 4. The van der Waals surface area contributed by atoms with Crippen molar-refractivity contribution in [1.82, 2.24) is 10.2 Å². The van der Waals surface area contributed by atoms with Crippen LogP contribution in [0, 0.1) is 19.7 Å². The van der Waals surface area contributed by atoms with Gasteiger partial charge in [-0.3, -0.25) is 13.9 Å². The number of rotatable bonds is 12. The van der Waals surface area contributed by atoms with Crippen LogP contribution in [-0.4, -0.2) is 43.8 Å². The topological polar surface area (TPSA) is 86.8 Å². The van der Waals surface area contributed by atoms with Gasteiger partial charge in [0, 0.05) is 19.0 Å². The van der Waals surface area contributed by atoms with Gasteiger partial charge in [0.15, 0.2) is 0 Å². The average Bonchev–Trinajstić information content (AvgIpc) is 3.56. The largest absolute Gasteiger partial charge is 0.352 e. The molecule has 4 aromatic carbocycles. The summed E-state index contributed by atoms with van der Waals surface area (Å²) in [6.45, 7) is 3.15. The second kappa shape index (κ2) is 14.7. The van der Waals surface area contributed by atoms with Crippen molar-refractivity contribution in [2.45, 2.75) is 69.5 Å². The molecule has 1 N–H and O–H groups in total. The van der Waals surface area contributed by atoms with Crippen molar-refractivity contribution in [2.24, 2.45) is 0 Å². The molecule has 0 heterocycles. The van der Waals surface area contributed by atoms with Crippen LogP contribution in [0.2, 0.25) is 0 Å². The number of halogens is 1. The summed E-state index contributed by atoms with van der Waals surface area (Å²) in [7, 11) is -4.38. The van der Waals surface area contributed by atoms with Crippen LogP contribution in [0.25, 0.3) is 0 Å². The Morgan fingerprint density at radius 2 is 1.39 bits per heavy atom. The highest BCUT2D eigenvalue weighted by molar-refractivity contribution is 7.92. The first kappa shape index (κ1) is 32.9. The minimum Gasteiger partial charge on any atom is -0.352 e. The van der Waals surface area contributed by atoms with Crippen molar-refractivity contribution in [3.63, 3.8) is 0 Å². The predicted octanol–water partition coefficient (Wildman–Crippen LogP) is 6.34. The average molecular weight is 642 g/mol. The minimum atomic E-state index is -4.38. The van der Waals surface area contributed by atoms with Crippen molar-refractivity contribution in [3.8, 4) is 0 Å². The Kier molecular flexibility index (Phi) is 10.5. The molecule has 0 aromatic heterocycles. The normalized spacial score (nSPS) is 14.1. The van der Waals surface area contributed by atoms with Gasteiger partial charge in [-0.2, -0.15) is 0 Å². The Bertz CT molecular complexity index is 1740. The number of hydrogen-bond donors (Lipinski definition) is 1. The molecule has 0 unspecified atom stereocenters. The number of nitrogens with zero attached hydrogens (tertiary/aromatic N) is 2. The third-order valence-electron chi connectivity index (χ3n) is 8.46. The summed E-state index contributed by atoms with van der Waals surface area (Å²) in [5.74, 6) is -1.70. The Morgan fingerprint density at radius 3 is 2.02 bits per heavy atom. The number of carbonyl (C=O) groups excluding carboxylic acids is 2. The van der Waals surface area contributed by atoms with E-state index in [9.17, 15) is 18.0 Å². The molecule has 1 fully saturated rings. The quantitative estimate of drug-likeness (QED) is 0.196. The SMILES string of the molecule is Cc1ccc(CN(C(=O)CN(c2ccccc2F)S(=O)(=O)c2ccc(C)cc2)[C@H](Cc2ccccc2)C(=O)NC2CCCC2)cc1. The molecule has 2 amide bonds. The molecule has 1 atom stereocenters. The lowest BCUT2D eigenvalue weighted by molar-refractivity contribution is -0.140. The van der Waals surface area contributed by atoms with E-state index in [1.165, 1.54) is 35.2 Å². The van der Waals surface area contributed by atoms with Gasteiger partial charge in [0.2, 0.25) is 11.8 Å². The van der Waals surface area contributed by atoms with E-state index >= 15 is 4.39 Å². The number of anilines is 1. The first-order valence-corrected chi connectivity index (χ1v) is 17.1. The number of amides is 2. The Balaban J connectivity index is 1.57. The molecule has 1 saturated carbocycles. The van der Waals surface area contributed by atoms with E-state index in [0.29, 0.717) is 0 Å². The number of sulfonamides is 1. The number of benzene rings is 4. The van der Waals surface area contributed by atoms with Crippen LogP contribution in [0.3, 0.4) is 0 Å². The molecule has 240 valence electrons. The summed E-state index contributed by atoms with van der Waals surface area (Å²) < 4.78 is 44.3. The summed E-state index contributed by atoms with van der Waals surface area (Å²) >= 11 is 0. The Morgan fingerprint density at radius 1 is 0.804 bits per heavy atom. The van der Waals surface area contributed by atoms with Crippen molar-refractivity contribution in [1.29, 1.82) is 0 Å². The second-order valence-corrected chi connectivity index (χ2v) is 13.8. The lowest BCUT2D eigenvalue weighted by atomic mass is 10.0. The van der Waals surface area contributed by atoms with Crippen molar-refractivity contribution in [3.05, 3.63) is 131 Å². The maximum absolute atomic E-state index is 15.3. The lowest BCUT2D eigenvalue weighted by Crippen LogP contribution is -2.54. The number of para-hydroxylation sites is 1. The van der Waals surface area contributed by atoms with Gasteiger partial charge in [0.25, 0.3) is 10.0 Å². The molecule has 0 aliphatic heterocycles. The van der Waals surface area contributed by atoms with Crippen molar-refractivity contribution >= 4 is 27.5 Å². The first-order chi connectivity index (χ1) is 22.1. The van der Waals surface area contributed by atoms with Gasteiger partial charge < -0.3 is 10.2 Å². The zero-order valence-electron chi connectivity index (χ0n) is 26.2. The fourth-order valence-corrected chi connectivity index (χ4v) is 7.24. The highest BCUT2D eigenvalue weighted by Crippen LogP contribution is 2.28. The van der Waals surface area contributed by atoms with Gasteiger partial charge in [0.1, 0.15) is 18.4 Å². The zero-order chi connectivity index (χ0) is 32.7. The van der Waals surface area contributed by atoms with E-state index in [-0.39, 0.29) is 35.5 Å². The predicted molar refractivity (Wildman–Crippen MR) is 178 cm³/mol. The van der Waals surface area contributed by atoms with Crippen LogP contribution in [0.4, 0.5) is 10.1 Å². The van der Waals surface area contributed by atoms with Crippen LogP contribution >= 0.6 is 0 Å². The fourth-order valence-electron chi connectivity index (χ4n) is 5.82. The molecule has 0 radical (unpaired) electrons. The maximum Gasteiger partial charge on any atom is 0.264 e. The summed E-state index contributed by atoms with van der Waals surface area (Å²) in [6, 6.07) is 27.8. The summed E-state index contributed by atoms with van der Waals surface area (Å²) in [5, 5.41) is 3.16. The highest BCUT2D eigenvalue weighted by atomic mass is 32.2. The summed E-state index contributed by atoms with van der Waals surface area (Å²) in [6.07, 6.45) is 4.00. The molecule has 1 aliphatic carbocycles. The van der Waals surface area contributed by atoms with Crippen LogP contribution < -0.4 is 9.62 Å².